The zero-order valence-electron chi connectivity index (χ0n) is 15.4. The lowest BCUT2D eigenvalue weighted by atomic mass is 10.2. The zero-order chi connectivity index (χ0) is 18.7. The van der Waals surface area contributed by atoms with Crippen LogP contribution >= 0.6 is 11.8 Å². The van der Waals surface area contributed by atoms with Gasteiger partial charge in [0.1, 0.15) is 13.2 Å². The lowest BCUT2D eigenvalue weighted by Crippen LogP contribution is -2.43. The number of fused-ring (bicyclic) bond motifs is 1. The van der Waals surface area contributed by atoms with Gasteiger partial charge < -0.3 is 14.4 Å². The van der Waals surface area contributed by atoms with E-state index in [1.54, 1.807) is 4.68 Å². The van der Waals surface area contributed by atoms with E-state index < -0.39 is 0 Å². The summed E-state index contributed by atoms with van der Waals surface area (Å²) >= 11 is 1.32. The third kappa shape index (κ3) is 3.92. The smallest absolute Gasteiger partial charge is 0.233 e. The van der Waals surface area contributed by atoms with Crippen molar-refractivity contribution in [3.8, 4) is 17.2 Å². The van der Waals surface area contributed by atoms with Crippen LogP contribution in [0.3, 0.4) is 0 Å². The maximum atomic E-state index is 12.6. The summed E-state index contributed by atoms with van der Waals surface area (Å²) in [5.74, 6) is 1.72. The van der Waals surface area contributed by atoms with Crippen LogP contribution in [0.25, 0.3) is 5.69 Å². The Bertz CT molecular complexity index is 770. The van der Waals surface area contributed by atoms with Gasteiger partial charge in [-0.25, -0.2) is 0 Å². The van der Waals surface area contributed by atoms with E-state index in [1.807, 2.05) is 50.8 Å². The third-order valence-electron chi connectivity index (χ3n) is 3.94. The summed E-state index contributed by atoms with van der Waals surface area (Å²) in [6, 6.07) is 5.84. The molecule has 1 amide bonds. The zero-order valence-corrected chi connectivity index (χ0v) is 16.2. The number of tetrazole rings is 1. The first-order chi connectivity index (χ1) is 12.5. The number of ether oxygens (including phenoxy) is 2. The summed E-state index contributed by atoms with van der Waals surface area (Å²) in [5, 5.41) is 12.4. The van der Waals surface area contributed by atoms with Gasteiger partial charge in [-0.2, -0.15) is 4.68 Å². The molecule has 0 radical (unpaired) electrons. The van der Waals surface area contributed by atoms with Crippen LogP contribution in [-0.2, 0) is 4.79 Å². The van der Waals surface area contributed by atoms with Crippen molar-refractivity contribution in [3.63, 3.8) is 0 Å². The Hall–Kier alpha value is -2.29. The number of aromatic nitrogens is 4. The molecule has 3 rings (SSSR count). The fourth-order valence-electron chi connectivity index (χ4n) is 2.97. The number of hydrogen-bond donors (Lipinski definition) is 0. The molecule has 1 aromatic heterocycles. The molecule has 9 heteroatoms. The van der Waals surface area contributed by atoms with Gasteiger partial charge in [0.2, 0.25) is 11.1 Å². The Balaban J connectivity index is 1.74. The number of benzene rings is 1. The minimum atomic E-state index is 0.0664. The van der Waals surface area contributed by atoms with Crippen LogP contribution in [0.1, 0.15) is 27.7 Å². The quantitative estimate of drug-likeness (QED) is 0.714. The van der Waals surface area contributed by atoms with E-state index in [0.29, 0.717) is 29.9 Å². The molecule has 0 N–H and O–H groups in total. The molecule has 0 saturated heterocycles. The summed E-state index contributed by atoms with van der Waals surface area (Å²) in [6.45, 7) is 9.12. The van der Waals surface area contributed by atoms with Crippen molar-refractivity contribution in [1.29, 1.82) is 0 Å². The lowest BCUT2D eigenvalue weighted by Gasteiger charge is -2.30. The van der Waals surface area contributed by atoms with Crippen molar-refractivity contribution >= 4 is 17.7 Å². The molecule has 2 aromatic rings. The molecule has 1 aliphatic heterocycles. The van der Waals surface area contributed by atoms with Gasteiger partial charge in [-0.3, -0.25) is 4.79 Å². The topological polar surface area (TPSA) is 82.4 Å². The van der Waals surface area contributed by atoms with Gasteiger partial charge >= 0.3 is 0 Å². The van der Waals surface area contributed by atoms with E-state index in [0.717, 1.165) is 5.69 Å². The summed E-state index contributed by atoms with van der Waals surface area (Å²) < 4.78 is 12.7. The molecule has 0 saturated carbocycles. The van der Waals surface area contributed by atoms with E-state index in [-0.39, 0.29) is 23.7 Å². The Morgan fingerprint density at radius 2 is 1.88 bits per heavy atom. The minimum Gasteiger partial charge on any atom is -0.486 e. The second-order valence-electron chi connectivity index (χ2n) is 6.48. The highest BCUT2D eigenvalue weighted by Gasteiger charge is 2.22. The first-order valence-electron chi connectivity index (χ1n) is 8.59. The fourth-order valence-corrected chi connectivity index (χ4v) is 3.73. The van der Waals surface area contributed by atoms with Crippen LogP contribution in [0, 0.1) is 0 Å². The van der Waals surface area contributed by atoms with Crippen molar-refractivity contribution in [3.05, 3.63) is 18.2 Å². The first-order valence-corrected chi connectivity index (χ1v) is 9.58. The molecule has 0 atom stereocenters. The highest BCUT2D eigenvalue weighted by Crippen LogP contribution is 2.32. The predicted octanol–water partition coefficient (Wildman–Crippen LogP) is 2.17. The van der Waals surface area contributed by atoms with E-state index in [1.165, 1.54) is 11.8 Å². The van der Waals surface area contributed by atoms with Crippen molar-refractivity contribution in [2.24, 2.45) is 0 Å². The van der Waals surface area contributed by atoms with Gasteiger partial charge in [-0.1, -0.05) is 11.8 Å². The Labute approximate surface area is 156 Å². The molecule has 1 aromatic carbocycles. The summed E-state index contributed by atoms with van der Waals surface area (Å²) in [6.07, 6.45) is 0. The van der Waals surface area contributed by atoms with E-state index >= 15 is 0 Å². The molecule has 0 spiro atoms. The van der Waals surface area contributed by atoms with Crippen LogP contribution in [0.4, 0.5) is 0 Å². The molecule has 2 heterocycles. The van der Waals surface area contributed by atoms with Gasteiger partial charge in [-0.15, -0.1) is 5.10 Å². The largest absolute Gasteiger partial charge is 0.486 e. The molecular weight excluding hydrogens is 354 g/mol. The number of hydrogen-bond acceptors (Lipinski definition) is 7. The Morgan fingerprint density at radius 1 is 1.19 bits per heavy atom. The van der Waals surface area contributed by atoms with Crippen molar-refractivity contribution in [1.82, 2.24) is 25.1 Å². The van der Waals surface area contributed by atoms with E-state index in [4.69, 9.17) is 9.47 Å². The average molecular weight is 377 g/mol. The molecule has 0 bridgehead atoms. The van der Waals surface area contributed by atoms with Crippen LogP contribution in [0.5, 0.6) is 11.5 Å². The second-order valence-corrected chi connectivity index (χ2v) is 7.42. The standard InChI is InChI=1S/C17H23N5O3S/c1-11(2)21(12(3)4)16(23)10-26-17-18-19-20-22(17)13-5-6-14-15(9-13)25-8-7-24-14/h5-6,9,11-12H,7-8,10H2,1-4H3. The fraction of sp³-hybridized carbons (Fsp3) is 0.529. The highest BCUT2D eigenvalue weighted by molar-refractivity contribution is 7.99. The molecule has 140 valence electrons. The molecule has 0 unspecified atom stereocenters. The van der Waals surface area contributed by atoms with Gasteiger partial charge in [0, 0.05) is 18.2 Å². The van der Waals surface area contributed by atoms with E-state index in [2.05, 4.69) is 15.5 Å². The number of carbonyl (C=O) groups is 1. The average Bonchev–Trinajstić information content (AvgIpc) is 3.07. The van der Waals surface area contributed by atoms with Gasteiger partial charge in [0.05, 0.1) is 11.4 Å². The number of rotatable bonds is 6. The number of amides is 1. The van der Waals surface area contributed by atoms with Crippen molar-refractivity contribution in [2.75, 3.05) is 19.0 Å². The van der Waals surface area contributed by atoms with Crippen molar-refractivity contribution < 1.29 is 14.3 Å². The van der Waals surface area contributed by atoms with Crippen molar-refractivity contribution in [2.45, 2.75) is 44.9 Å². The van der Waals surface area contributed by atoms with Gasteiger partial charge in [0.15, 0.2) is 11.5 Å². The molecule has 1 aliphatic rings. The summed E-state index contributed by atoms with van der Waals surface area (Å²) in [7, 11) is 0. The third-order valence-corrected chi connectivity index (χ3v) is 4.84. The number of carbonyl (C=O) groups excluding carboxylic acids is 1. The van der Waals surface area contributed by atoms with Gasteiger partial charge in [0.25, 0.3) is 0 Å². The second kappa shape index (κ2) is 7.94. The van der Waals surface area contributed by atoms with Crippen LogP contribution in [0.15, 0.2) is 23.4 Å². The van der Waals surface area contributed by atoms with Gasteiger partial charge in [-0.05, 0) is 50.3 Å². The van der Waals surface area contributed by atoms with Crippen LogP contribution in [-0.4, -0.2) is 62.1 Å². The van der Waals surface area contributed by atoms with Crippen LogP contribution in [0.2, 0.25) is 0 Å². The lowest BCUT2D eigenvalue weighted by molar-refractivity contribution is -0.131. The van der Waals surface area contributed by atoms with Crippen LogP contribution < -0.4 is 9.47 Å². The monoisotopic (exact) mass is 377 g/mol. The summed E-state index contributed by atoms with van der Waals surface area (Å²) in [5.41, 5.74) is 0.763. The SMILES string of the molecule is CC(C)N(C(=O)CSc1nnnn1-c1ccc2c(c1)OCCO2)C(C)C. The number of thioether (sulfide) groups is 1. The Morgan fingerprint density at radius 3 is 2.58 bits per heavy atom. The maximum Gasteiger partial charge on any atom is 0.233 e. The van der Waals surface area contributed by atoms with E-state index in [9.17, 15) is 4.79 Å². The Kier molecular flexibility index (Phi) is 5.65. The maximum absolute atomic E-state index is 12.6. The predicted molar refractivity (Wildman–Crippen MR) is 98.0 cm³/mol. The molecular formula is C17H23N5O3S. The molecule has 0 fully saturated rings. The molecule has 8 nitrogen and oxygen atoms in total. The molecule has 0 aliphatic carbocycles. The highest BCUT2D eigenvalue weighted by atomic mass is 32.2. The number of nitrogens with zero attached hydrogens (tertiary/aromatic N) is 5. The minimum absolute atomic E-state index is 0.0664. The first kappa shape index (κ1) is 18.5. The molecule has 26 heavy (non-hydrogen) atoms. The summed E-state index contributed by atoms with van der Waals surface area (Å²) in [4.78, 5) is 14.4. The normalized spacial score (nSPS) is 13.3.